The lowest BCUT2D eigenvalue weighted by Gasteiger charge is -2.28. The number of carbonyl (C=O) groups is 1. The van der Waals surface area contributed by atoms with Crippen LogP contribution in [-0.4, -0.2) is 37.9 Å². The van der Waals surface area contributed by atoms with Crippen LogP contribution < -0.4 is 5.32 Å². The van der Waals surface area contributed by atoms with Crippen molar-refractivity contribution in [1.82, 2.24) is 5.32 Å². The van der Waals surface area contributed by atoms with E-state index in [4.69, 9.17) is 9.47 Å². The highest BCUT2D eigenvalue weighted by Gasteiger charge is 2.33. The minimum atomic E-state index is -0.639. The lowest BCUT2D eigenvalue weighted by atomic mass is 9.98. The van der Waals surface area contributed by atoms with Crippen LogP contribution in [0, 0.1) is 0 Å². The summed E-state index contributed by atoms with van der Waals surface area (Å²) in [5.41, 5.74) is -0.639. The lowest BCUT2D eigenvalue weighted by molar-refractivity contribution is -0.149. The molecule has 0 amide bonds. The Morgan fingerprint density at radius 2 is 2.06 bits per heavy atom. The Hall–Kier alpha value is -0.610. The second-order valence-electron chi connectivity index (χ2n) is 4.42. The maximum absolute atomic E-state index is 11.7. The van der Waals surface area contributed by atoms with Crippen molar-refractivity contribution < 1.29 is 14.3 Å². The molecule has 0 aliphatic heterocycles. The third-order valence-corrected chi connectivity index (χ3v) is 2.45. The van der Waals surface area contributed by atoms with Crippen molar-refractivity contribution in [3.05, 3.63) is 0 Å². The maximum Gasteiger partial charge on any atom is 0.325 e. The molecule has 0 aromatic heterocycles. The Labute approximate surface area is 98.7 Å². The summed E-state index contributed by atoms with van der Waals surface area (Å²) < 4.78 is 10.3. The molecule has 0 spiro atoms. The number of hydrogen-bond donors (Lipinski definition) is 1. The fraction of sp³-hybridized carbons (Fsp3) is 0.917. The molecular formula is C12H25NO3. The van der Waals surface area contributed by atoms with Crippen LogP contribution in [0.1, 0.15) is 40.5 Å². The van der Waals surface area contributed by atoms with Gasteiger partial charge in [-0.3, -0.25) is 4.79 Å². The van der Waals surface area contributed by atoms with Gasteiger partial charge in [-0.25, -0.2) is 0 Å². The lowest BCUT2D eigenvalue weighted by Crippen LogP contribution is -2.51. The van der Waals surface area contributed by atoms with Crippen LogP contribution >= 0.6 is 0 Å². The third-order valence-electron chi connectivity index (χ3n) is 2.45. The van der Waals surface area contributed by atoms with Crippen LogP contribution in [0.25, 0.3) is 0 Å². The molecule has 1 atom stereocenters. The summed E-state index contributed by atoms with van der Waals surface area (Å²) in [6.07, 6.45) is 1.79. The number of carbonyl (C=O) groups excluding carboxylic acids is 1. The zero-order chi connectivity index (χ0) is 12.6. The quantitative estimate of drug-likeness (QED) is 0.646. The van der Waals surface area contributed by atoms with Crippen LogP contribution in [0.5, 0.6) is 0 Å². The summed E-state index contributed by atoms with van der Waals surface area (Å²) in [6.45, 7) is 9.24. The third kappa shape index (κ3) is 5.47. The van der Waals surface area contributed by atoms with Gasteiger partial charge in [-0.2, -0.15) is 0 Å². The van der Waals surface area contributed by atoms with Gasteiger partial charge < -0.3 is 14.8 Å². The fourth-order valence-corrected chi connectivity index (χ4v) is 1.39. The van der Waals surface area contributed by atoms with E-state index in [1.807, 2.05) is 20.8 Å². The molecule has 0 saturated heterocycles. The van der Waals surface area contributed by atoms with Gasteiger partial charge >= 0.3 is 5.97 Å². The second-order valence-corrected chi connectivity index (χ2v) is 4.42. The summed E-state index contributed by atoms with van der Waals surface area (Å²) >= 11 is 0. The van der Waals surface area contributed by atoms with E-state index in [-0.39, 0.29) is 12.1 Å². The van der Waals surface area contributed by atoms with E-state index < -0.39 is 5.54 Å². The van der Waals surface area contributed by atoms with Crippen LogP contribution in [0.2, 0.25) is 0 Å². The first kappa shape index (κ1) is 15.4. The van der Waals surface area contributed by atoms with Crippen molar-refractivity contribution in [3.63, 3.8) is 0 Å². The topological polar surface area (TPSA) is 47.6 Å². The first-order chi connectivity index (χ1) is 7.46. The zero-order valence-electron chi connectivity index (χ0n) is 11.1. The molecule has 0 radical (unpaired) electrons. The summed E-state index contributed by atoms with van der Waals surface area (Å²) in [4.78, 5) is 11.7. The highest BCUT2D eigenvalue weighted by Crippen LogP contribution is 2.12. The highest BCUT2D eigenvalue weighted by atomic mass is 16.5. The molecule has 0 aliphatic carbocycles. The molecule has 0 aliphatic rings. The van der Waals surface area contributed by atoms with E-state index in [1.165, 1.54) is 7.11 Å². The first-order valence-electron chi connectivity index (χ1n) is 5.91. The van der Waals surface area contributed by atoms with Crippen molar-refractivity contribution in [2.24, 2.45) is 0 Å². The predicted octanol–water partition coefficient (Wildman–Crippen LogP) is 1.73. The van der Waals surface area contributed by atoms with Gasteiger partial charge in [0.05, 0.1) is 13.2 Å². The van der Waals surface area contributed by atoms with Crippen LogP contribution in [0.3, 0.4) is 0 Å². The number of hydrogen-bond acceptors (Lipinski definition) is 4. The van der Waals surface area contributed by atoms with Gasteiger partial charge in [-0.05, 0) is 40.2 Å². The van der Waals surface area contributed by atoms with Gasteiger partial charge in [0, 0.05) is 6.61 Å². The van der Waals surface area contributed by atoms with Gasteiger partial charge in [0.15, 0.2) is 0 Å². The Morgan fingerprint density at radius 3 is 2.50 bits per heavy atom. The van der Waals surface area contributed by atoms with Crippen LogP contribution in [-0.2, 0) is 14.3 Å². The van der Waals surface area contributed by atoms with Crippen molar-refractivity contribution in [1.29, 1.82) is 0 Å². The second kappa shape index (κ2) is 7.63. The molecule has 0 aromatic carbocycles. The molecular weight excluding hydrogens is 206 g/mol. The molecule has 16 heavy (non-hydrogen) atoms. The molecule has 4 heteroatoms. The SMILES string of the molecule is CCCNC(C)(CCOC(C)C)C(=O)OC. The van der Waals surface area contributed by atoms with Crippen molar-refractivity contribution in [3.8, 4) is 0 Å². The van der Waals surface area contributed by atoms with Gasteiger partial charge in [-0.15, -0.1) is 0 Å². The molecule has 96 valence electrons. The summed E-state index contributed by atoms with van der Waals surface area (Å²) in [5, 5.41) is 3.22. The summed E-state index contributed by atoms with van der Waals surface area (Å²) in [5.74, 6) is -0.228. The highest BCUT2D eigenvalue weighted by molar-refractivity contribution is 5.80. The van der Waals surface area contributed by atoms with Gasteiger partial charge in [-0.1, -0.05) is 6.92 Å². The zero-order valence-corrected chi connectivity index (χ0v) is 11.1. The van der Waals surface area contributed by atoms with Gasteiger partial charge in [0.1, 0.15) is 5.54 Å². The normalized spacial score (nSPS) is 14.9. The molecule has 0 aromatic rings. The molecule has 0 heterocycles. The summed E-state index contributed by atoms with van der Waals surface area (Å²) in [7, 11) is 1.41. The first-order valence-corrected chi connectivity index (χ1v) is 5.91. The largest absolute Gasteiger partial charge is 0.468 e. The number of ether oxygens (including phenoxy) is 2. The smallest absolute Gasteiger partial charge is 0.325 e. The number of esters is 1. The predicted molar refractivity (Wildman–Crippen MR) is 64.4 cm³/mol. The van der Waals surface area contributed by atoms with Crippen molar-refractivity contribution in [2.45, 2.75) is 52.2 Å². The van der Waals surface area contributed by atoms with E-state index >= 15 is 0 Å². The summed E-state index contributed by atoms with van der Waals surface area (Å²) in [6, 6.07) is 0. The molecule has 1 N–H and O–H groups in total. The van der Waals surface area contributed by atoms with E-state index in [9.17, 15) is 4.79 Å². The standard InChI is InChI=1S/C12H25NO3/c1-6-8-13-12(4,11(14)15-5)7-9-16-10(2)3/h10,13H,6-9H2,1-5H3. The van der Waals surface area contributed by atoms with Crippen LogP contribution in [0.15, 0.2) is 0 Å². The minimum absolute atomic E-state index is 0.188. The van der Waals surface area contributed by atoms with E-state index in [2.05, 4.69) is 12.2 Å². The number of nitrogens with one attached hydrogen (secondary N) is 1. The minimum Gasteiger partial charge on any atom is -0.468 e. The molecule has 0 rings (SSSR count). The Balaban J connectivity index is 4.24. The van der Waals surface area contributed by atoms with Gasteiger partial charge in [0.25, 0.3) is 0 Å². The Morgan fingerprint density at radius 1 is 1.44 bits per heavy atom. The monoisotopic (exact) mass is 231 g/mol. The molecule has 1 unspecified atom stereocenters. The Kier molecular flexibility index (Phi) is 7.34. The van der Waals surface area contributed by atoms with E-state index in [0.29, 0.717) is 13.0 Å². The number of methoxy groups -OCH3 is 1. The molecule has 4 nitrogen and oxygen atoms in total. The average Bonchev–Trinajstić information content (AvgIpc) is 2.24. The molecule has 0 fully saturated rings. The molecule has 0 saturated carbocycles. The molecule has 0 bridgehead atoms. The van der Waals surface area contributed by atoms with Crippen molar-refractivity contribution in [2.75, 3.05) is 20.3 Å². The maximum atomic E-state index is 11.7. The Bertz CT molecular complexity index is 206. The number of rotatable bonds is 8. The fourth-order valence-electron chi connectivity index (χ4n) is 1.39. The van der Waals surface area contributed by atoms with E-state index in [0.717, 1.165) is 13.0 Å². The average molecular weight is 231 g/mol. The van der Waals surface area contributed by atoms with Crippen LogP contribution in [0.4, 0.5) is 0 Å². The van der Waals surface area contributed by atoms with E-state index in [1.54, 1.807) is 0 Å². The van der Waals surface area contributed by atoms with Gasteiger partial charge in [0.2, 0.25) is 0 Å². The van der Waals surface area contributed by atoms with Crippen molar-refractivity contribution >= 4 is 5.97 Å².